The van der Waals surface area contributed by atoms with Crippen LogP contribution in [0.2, 0.25) is 0 Å². The Morgan fingerprint density at radius 1 is 0.396 bits per heavy atom. The number of carboxylic acids is 3. The lowest BCUT2D eigenvalue weighted by molar-refractivity contribution is -0.138. The molecule has 12 heterocycles. The average Bonchev–Trinajstić information content (AvgIpc) is 1.62. The van der Waals surface area contributed by atoms with E-state index in [4.69, 9.17) is 28.4 Å². The summed E-state index contributed by atoms with van der Waals surface area (Å²) in [6.07, 6.45) is 21.0. The van der Waals surface area contributed by atoms with Crippen LogP contribution in [-0.4, -0.2) is 253 Å². The Balaban J connectivity index is 0.558. The van der Waals surface area contributed by atoms with Crippen LogP contribution < -0.4 is 46.9 Å². The van der Waals surface area contributed by atoms with Gasteiger partial charge in [-0.05, 0) is 120 Å². The SMILES string of the molecule is CN(C(=O)c1ccncc1)c1cncnc1N[C@@H](Cc1ccc(N2C(=O)C(COCCOCC(COCCOCCn3c(=O)n(-c4ccc(C[C@H](Nc5ncncc5N(C)C(=O)c5ccncc5)C(=O)O)cc4)c4ncccc43)OCCOCCn3c(=O)n(-c4ccc(C[C@H](Nc5ncncc5N(C)C(=O)c5ccncc5)C(=O)O)cc4)c4ncccc43)c3cccnc32)cc1)C(=O)O. The highest BCUT2D eigenvalue weighted by atomic mass is 16.6. The zero-order valence-electron chi connectivity index (χ0n) is 72.6. The molecule has 5 atom stereocenters. The van der Waals surface area contributed by atoms with Gasteiger partial charge in [0.05, 0.1) is 138 Å². The number of ether oxygens (including phenoxy) is 6. The number of imidazole rings is 2. The van der Waals surface area contributed by atoms with Crippen LogP contribution in [0.25, 0.3) is 33.7 Å². The molecule has 3 aromatic carbocycles. The summed E-state index contributed by atoms with van der Waals surface area (Å²) in [5, 5.41) is 40.2. The molecule has 4 amide bonds. The Kier molecular flexibility index (Phi) is 30.3. The number of benzene rings is 3. The first kappa shape index (κ1) is 92.5. The minimum Gasteiger partial charge on any atom is -0.480 e. The highest BCUT2D eigenvalue weighted by Crippen LogP contribution is 2.41. The number of hydrogen-bond acceptors (Lipinski definition) is 30. The lowest BCUT2D eigenvalue weighted by Gasteiger charge is -2.22. The standard InChI is InChI=1S/C93H91N23O18/c1-109(85(117)62-22-31-94-32-23-62)76-50-97-56-103-79(76)106-71(89(121)122)47-59-10-16-65(17-11-59)114-82-69(7-4-28-100-82)70(88(114)120)55-133-44-43-132-54-68(134-46-45-130-40-38-113-75-9-6-30-102-84(75)116(93(113)128)67-20-14-61(15-21-67)49-73(91(125)126)108-81-78(52-99-58-105-81)111(3)87(119)64-26-35-96-36-27-64)53-131-42-41-129-39-37-112-74-8-5-29-101-83(74)115(92(112)127)66-18-12-60(13-19-66)48-72(90(123)124)107-80-77(51-98-57-104-80)110(2)86(118)63-24-33-95-34-25-63/h4-36,50-52,56-58,68,70-73H,37-49,53-55H2,1-3H3,(H,121,122)(H,123,124)(H,125,126)(H,97,103,106)(H,98,104,107)(H,99,105,108)/t68?,70?,71-,72-,73-/m0/s1. The molecule has 15 rings (SSSR count). The van der Waals surface area contributed by atoms with Crippen LogP contribution >= 0.6 is 0 Å². The maximum absolute atomic E-state index is 14.5. The topological polar surface area (TPSA) is 493 Å². The first-order valence-electron chi connectivity index (χ1n) is 42.4. The molecule has 11 aromatic heterocycles. The number of hydrogen-bond donors (Lipinski definition) is 6. The van der Waals surface area contributed by atoms with Crippen LogP contribution in [-0.2, 0) is 80.0 Å². The number of anilines is 8. The van der Waals surface area contributed by atoms with Gasteiger partial charge in [0, 0.05) is 118 Å². The number of nitrogens with zero attached hydrogens (tertiary/aromatic N) is 20. The molecule has 14 aromatic rings. The van der Waals surface area contributed by atoms with Crippen molar-refractivity contribution in [2.24, 2.45) is 0 Å². The van der Waals surface area contributed by atoms with Gasteiger partial charge in [0.15, 0.2) is 28.7 Å². The molecule has 6 N–H and O–H groups in total. The molecule has 0 aliphatic carbocycles. The van der Waals surface area contributed by atoms with Gasteiger partial charge >= 0.3 is 29.3 Å². The van der Waals surface area contributed by atoms with E-state index in [9.17, 15) is 58.5 Å². The fourth-order valence-electron chi connectivity index (χ4n) is 15.1. The molecule has 0 bridgehead atoms. The van der Waals surface area contributed by atoms with E-state index < -0.39 is 59.4 Å². The molecule has 134 heavy (non-hydrogen) atoms. The van der Waals surface area contributed by atoms with E-state index in [1.165, 1.54) is 125 Å². The van der Waals surface area contributed by atoms with E-state index in [1.807, 2.05) is 6.07 Å². The summed E-state index contributed by atoms with van der Waals surface area (Å²) in [7, 11) is 4.60. The van der Waals surface area contributed by atoms with Crippen LogP contribution in [0.4, 0.5) is 46.0 Å². The summed E-state index contributed by atoms with van der Waals surface area (Å²) in [5.41, 5.74) is 6.78. The Morgan fingerprint density at radius 3 is 1.15 bits per heavy atom. The van der Waals surface area contributed by atoms with E-state index in [0.29, 0.717) is 84.2 Å². The molecule has 41 heteroatoms. The zero-order valence-corrected chi connectivity index (χ0v) is 72.6. The van der Waals surface area contributed by atoms with Crippen LogP contribution in [0.15, 0.2) is 249 Å². The predicted molar refractivity (Wildman–Crippen MR) is 488 cm³/mol. The summed E-state index contributed by atoms with van der Waals surface area (Å²) >= 11 is 0. The van der Waals surface area contributed by atoms with Crippen molar-refractivity contribution >= 4 is 110 Å². The molecule has 0 saturated carbocycles. The monoisotopic (exact) mass is 1820 g/mol. The molecule has 1 aliphatic rings. The number of nitrogens with one attached hydrogen (secondary N) is 3. The lowest BCUT2D eigenvalue weighted by atomic mass is 10.0. The van der Waals surface area contributed by atoms with Gasteiger partial charge in [0.2, 0.25) is 5.91 Å². The first-order valence-corrected chi connectivity index (χ1v) is 42.4. The van der Waals surface area contributed by atoms with Crippen molar-refractivity contribution in [3.63, 3.8) is 0 Å². The summed E-state index contributed by atoms with van der Waals surface area (Å²) in [4.78, 5) is 178. The summed E-state index contributed by atoms with van der Waals surface area (Å²) < 4.78 is 42.9. The maximum atomic E-state index is 14.5. The van der Waals surface area contributed by atoms with Crippen LogP contribution in [0.5, 0.6) is 0 Å². The van der Waals surface area contributed by atoms with Crippen LogP contribution in [0, 0.1) is 0 Å². The Morgan fingerprint density at radius 2 is 0.754 bits per heavy atom. The van der Waals surface area contributed by atoms with Crippen molar-refractivity contribution in [3.05, 3.63) is 299 Å². The molecule has 41 nitrogen and oxygen atoms in total. The Labute approximate surface area is 763 Å². The summed E-state index contributed by atoms with van der Waals surface area (Å²) in [5.74, 6) is -4.94. The van der Waals surface area contributed by atoms with Gasteiger partial charge in [-0.25, -0.2) is 78.0 Å². The third-order valence-corrected chi connectivity index (χ3v) is 22.0. The summed E-state index contributed by atoms with van der Waals surface area (Å²) in [6.45, 7) is 1.03. The van der Waals surface area contributed by atoms with Crippen molar-refractivity contribution < 1.29 is 77.3 Å². The van der Waals surface area contributed by atoms with Crippen molar-refractivity contribution in [2.75, 3.05) is 129 Å². The number of amides is 4. The van der Waals surface area contributed by atoms with E-state index >= 15 is 0 Å². The Bertz CT molecular complexity index is 6600. The van der Waals surface area contributed by atoms with Gasteiger partial charge in [0.25, 0.3) is 17.7 Å². The highest BCUT2D eigenvalue weighted by molar-refractivity contribution is 6.10. The molecule has 1 aliphatic heterocycles. The van der Waals surface area contributed by atoms with Gasteiger partial charge < -0.3 is 74.4 Å². The first-order chi connectivity index (χ1) is 65.3. The number of aromatic nitrogens is 16. The van der Waals surface area contributed by atoms with Crippen molar-refractivity contribution in [3.8, 4) is 11.4 Å². The van der Waals surface area contributed by atoms with Crippen molar-refractivity contribution in [2.45, 2.75) is 62.5 Å². The van der Waals surface area contributed by atoms with Gasteiger partial charge in [-0.1, -0.05) is 42.5 Å². The number of pyridine rings is 6. The molecular formula is C93H91N23O18. The number of fused-ring (bicyclic) bond motifs is 3. The molecule has 0 fully saturated rings. The van der Waals surface area contributed by atoms with E-state index in [0.717, 1.165) is 0 Å². The molecule has 0 saturated heterocycles. The third-order valence-electron chi connectivity index (χ3n) is 22.0. The molecule has 0 radical (unpaired) electrons. The van der Waals surface area contributed by atoms with Crippen molar-refractivity contribution in [1.82, 2.24) is 78.1 Å². The fourth-order valence-corrected chi connectivity index (χ4v) is 15.1. The Hall–Kier alpha value is -16.2. The minimum absolute atomic E-state index is 0.00643. The predicted octanol–water partition coefficient (Wildman–Crippen LogP) is 7.42. The quantitative estimate of drug-likeness (QED) is 0.0202. The largest absolute Gasteiger partial charge is 0.480 e. The summed E-state index contributed by atoms with van der Waals surface area (Å²) in [6, 6.07) is 36.8. The van der Waals surface area contributed by atoms with Gasteiger partial charge in [0.1, 0.15) is 66.1 Å². The molecule has 686 valence electrons. The van der Waals surface area contributed by atoms with Gasteiger partial charge in [-0.2, -0.15) is 0 Å². The van der Waals surface area contributed by atoms with Gasteiger partial charge in [-0.3, -0.25) is 48.2 Å². The number of carboxylic acid groups (broad SMARTS) is 3. The highest BCUT2D eigenvalue weighted by Gasteiger charge is 2.40. The normalized spacial score (nSPS) is 13.2. The number of rotatable bonds is 46. The number of carbonyl (C=O) groups excluding carboxylic acids is 4. The second-order valence-electron chi connectivity index (χ2n) is 30.6. The zero-order chi connectivity index (χ0) is 93.6. The number of aliphatic carboxylic acids is 3. The van der Waals surface area contributed by atoms with E-state index in [-0.39, 0.29) is 163 Å². The maximum Gasteiger partial charge on any atom is 0.335 e. The molecule has 0 spiro atoms. The molecular weight excluding hydrogens is 1730 g/mol. The fraction of sp³-hybridized carbons (Fsp3) is 0.258. The smallest absolute Gasteiger partial charge is 0.335 e. The second kappa shape index (κ2) is 43.9. The van der Waals surface area contributed by atoms with Crippen LogP contribution in [0.1, 0.15) is 59.2 Å². The van der Waals surface area contributed by atoms with E-state index in [2.05, 4.69) is 75.8 Å². The van der Waals surface area contributed by atoms with Gasteiger partial charge in [-0.15, -0.1) is 0 Å². The lowest BCUT2D eigenvalue weighted by Crippen LogP contribution is -2.34. The number of carbonyl (C=O) groups is 7. The third kappa shape index (κ3) is 21.9. The minimum atomic E-state index is -1.20. The van der Waals surface area contributed by atoms with Crippen LogP contribution in [0.3, 0.4) is 0 Å². The second-order valence-corrected chi connectivity index (χ2v) is 30.6. The average molecular weight is 1820 g/mol. The van der Waals surface area contributed by atoms with E-state index in [1.54, 1.807) is 167 Å². The van der Waals surface area contributed by atoms with Crippen molar-refractivity contribution in [1.29, 1.82) is 0 Å². The molecule has 2 unspecified atom stereocenters.